The van der Waals surface area contributed by atoms with Gasteiger partial charge in [0.15, 0.2) is 0 Å². The molecule has 0 radical (unpaired) electrons. The first-order valence-corrected chi connectivity index (χ1v) is 6.33. The zero-order chi connectivity index (χ0) is 13.8. The quantitative estimate of drug-likeness (QED) is 0.915. The average molecular weight is 254 g/mol. The van der Waals surface area contributed by atoms with E-state index < -0.39 is 0 Å². The Balaban J connectivity index is 2.00. The summed E-state index contributed by atoms with van der Waals surface area (Å²) in [5.74, 6) is -0.0572. The molecule has 0 aliphatic rings. The SMILES string of the molecule is Cc1ccc(C(=O)NCc2cnc(C)c(C)c2)cc1. The molecular weight excluding hydrogens is 236 g/mol. The van der Waals surface area contributed by atoms with Crippen molar-refractivity contribution in [2.24, 2.45) is 0 Å². The minimum atomic E-state index is -0.0572. The molecule has 1 aromatic carbocycles. The highest BCUT2D eigenvalue weighted by molar-refractivity contribution is 5.94. The summed E-state index contributed by atoms with van der Waals surface area (Å²) in [6, 6.07) is 9.60. The summed E-state index contributed by atoms with van der Waals surface area (Å²) in [6.07, 6.45) is 1.80. The Morgan fingerprint density at radius 3 is 2.47 bits per heavy atom. The van der Waals surface area contributed by atoms with Crippen LogP contribution in [-0.2, 0) is 6.54 Å². The van der Waals surface area contributed by atoms with Crippen molar-refractivity contribution in [2.45, 2.75) is 27.3 Å². The fourth-order valence-corrected chi connectivity index (χ4v) is 1.79. The molecule has 0 spiro atoms. The van der Waals surface area contributed by atoms with E-state index >= 15 is 0 Å². The topological polar surface area (TPSA) is 42.0 Å². The van der Waals surface area contributed by atoms with Crippen molar-refractivity contribution < 1.29 is 4.79 Å². The summed E-state index contributed by atoms with van der Waals surface area (Å²) in [5.41, 5.74) is 5.01. The maximum absolute atomic E-state index is 11.9. The summed E-state index contributed by atoms with van der Waals surface area (Å²) in [5, 5.41) is 2.90. The number of hydrogen-bond acceptors (Lipinski definition) is 2. The van der Waals surface area contributed by atoms with Crippen LogP contribution in [0.4, 0.5) is 0 Å². The predicted molar refractivity (Wildman–Crippen MR) is 76.1 cm³/mol. The van der Waals surface area contributed by atoms with Crippen LogP contribution in [0.3, 0.4) is 0 Å². The van der Waals surface area contributed by atoms with Crippen LogP contribution in [0.25, 0.3) is 0 Å². The highest BCUT2D eigenvalue weighted by Gasteiger charge is 2.05. The summed E-state index contributed by atoms with van der Waals surface area (Å²) >= 11 is 0. The number of rotatable bonds is 3. The van der Waals surface area contributed by atoms with Crippen molar-refractivity contribution in [3.8, 4) is 0 Å². The van der Waals surface area contributed by atoms with E-state index in [2.05, 4.69) is 16.4 Å². The van der Waals surface area contributed by atoms with Gasteiger partial charge in [-0.3, -0.25) is 9.78 Å². The lowest BCUT2D eigenvalue weighted by atomic mass is 10.1. The fraction of sp³-hybridized carbons (Fsp3) is 0.250. The monoisotopic (exact) mass is 254 g/mol. The number of aryl methyl sites for hydroxylation is 3. The molecule has 0 aliphatic heterocycles. The van der Waals surface area contributed by atoms with Gasteiger partial charge in [-0.1, -0.05) is 23.8 Å². The third kappa shape index (κ3) is 3.41. The number of carbonyl (C=O) groups is 1. The zero-order valence-corrected chi connectivity index (χ0v) is 11.5. The molecule has 1 heterocycles. The Labute approximate surface area is 113 Å². The molecule has 1 amide bonds. The average Bonchev–Trinajstić information content (AvgIpc) is 2.40. The van der Waals surface area contributed by atoms with Crippen molar-refractivity contribution in [1.29, 1.82) is 0 Å². The molecule has 0 saturated heterocycles. The number of pyridine rings is 1. The largest absolute Gasteiger partial charge is 0.348 e. The van der Waals surface area contributed by atoms with Crippen LogP contribution in [0.5, 0.6) is 0 Å². The molecule has 0 atom stereocenters. The van der Waals surface area contributed by atoms with Crippen LogP contribution in [0.1, 0.15) is 32.7 Å². The van der Waals surface area contributed by atoms with E-state index in [-0.39, 0.29) is 5.91 Å². The molecule has 1 N–H and O–H groups in total. The van der Waals surface area contributed by atoms with Gasteiger partial charge in [0.25, 0.3) is 5.91 Å². The molecule has 1 aromatic heterocycles. The maximum atomic E-state index is 11.9. The molecule has 98 valence electrons. The second-order valence-corrected chi connectivity index (χ2v) is 4.79. The Bertz CT molecular complexity index is 588. The van der Waals surface area contributed by atoms with Crippen LogP contribution in [0.15, 0.2) is 36.5 Å². The van der Waals surface area contributed by atoms with E-state index in [4.69, 9.17) is 0 Å². The van der Waals surface area contributed by atoms with Crippen molar-refractivity contribution >= 4 is 5.91 Å². The van der Waals surface area contributed by atoms with E-state index in [1.807, 2.05) is 45.0 Å². The maximum Gasteiger partial charge on any atom is 0.251 e. The fourth-order valence-electron chi connectivity index (χ4n) is 1.79. The smallest absolute Gasteiger partial charge is 0.251 e. The standard InChI is InChI=1S/C16H18N2O/c1-11-4-6-15(7-5-11)16(19)18-10-14-8-12(2)13(3)17-9-14/h4-9H,10H2,1-3H3,(H,18,19). The van der Waals surface area contributed by atoms with Gasteiger partial charge < -0.3 is 5.32 Å². The molecule has 0 unspecified atom stereocenters. The van der Waals surface area contributed by atoms with Gasteiger partial charge >= 0.3 is 0 Å². The van der Waals surface area contributed by atoms with Crippen LogP contribution in [0, 0.1) is 20.8 Å². The summed E-state index contributed by atoms with van der Waals surface area (Å²) in [4.78, 5) is 16.2. The van der Waals surface area contributed by atoms with Crippen LogP contribution < -0.4 is 5.32 Å². The molecule has 2 rings (SSSR count). The molecule has 0 fully saturated rings. The second kappa shape index (κ2) is 5.65. The third-order valence-electron chi connectivity index (χ3n) is 3.16. The highest BCUT2D eigenvalue weighted by atomic mass is 16.1. The first kappa shape index (κ1) is 13.3. The minimum Gasteiger partial charge on any atom is -0.348 e. The molecule has 3 heteroatoms. The molecule has 0 aliphatic carbocycles. The summed E-state index contributed by atoms with van der Waals surface area (Å²) in [6.45, 7) is 6.50. The van der Waals surface area contributed by atoms with Gasteiger partial charge in [0.1, 0.15) is 0 Å². The predicted octanol–water partition coefficient (Wildman–Crippen LogP) is 2.94. The van der Waals surface area contributed by atoms with Gasteiger partial charge in [-0.05, 0) is 44.0 Å². The zero-order valence-electron chi connectivity index (χ0n) is 11.5. The van der Waals surface area contributed by atoms with Gasteiger partial charge in [0, 0.05) is 24.0 Å². The molecule has 0 saturated carbocycles. The second-order valence-electron chi connectivity index (χ2n) is 4.79. The van der Waals surface area contributed by atoms with Crippen molar-refractivity contribution in [2.75, 3.05) is 0 Å². The van der Waals surface area contributed by atoms with E-state index in [0.717, 1.165) is 22.4 Å². The van der Waals surface area contributed by atoms with Gasteiger partial charge in [-0.25, -0.2) is 0 Å². The first-order valence-electron chi connectivity index (χ1n) is 6.33. The van der Waals surface area contributed by atoms with Gasteiger partial charge in [0.05, 0.1) is 0 Å². The minimum absolute atomic E-state index is 0.0572. The molecule has 0 bridgehead atoms. The number of amides is 1. The molecule has 19 heavy (non-hydrogen) atoms. The number of benzene rings is 1. The van der Waals surface area contributed by atoms with Crippen LogP contribution in [0.2, 0.25) is 0 Å². The van der Waals surface area contributed by atoms with Crippen LogP contribution >= 0.6 is 0 Å². The number of aromatic nitrogens is 1. The molecular formula is C16H18N2O. The van der Waals surface area contributed by atoms with E-state index in [9.17, 15) is 4.79 Å². The first-order chi connectivity index (χ1) is 9.06. The van der Waals surface area contributed by atoms with Crippen LogP contribution in [-0.4, -0.2) is 10.9 Å². The number of hydrogen-bond donors (Lipinski definition) is 1. The van der Waals surface area contributed by atoms with Crippen molar-refractivity contribution in [3.05, 3.63) is 64.5 Å². The summed E-state index contributed by atoms with van der Waals surface area (Å²) < 4.78 is 0. The number of nitrogens with one attached hydrogen (secondary N) is 1. The molecule has 3 nitrogen and oxygen atoms in total. The number of nitrogens with zero attached hydrogens (tertiary/aromatic N) is 1. The summed E-state index contributed by atoms with van der Waals surface area (Å²) in [7, 11) is 0. The molecule has 2 aromatic rings. The van der Waals surface area contributed by atoms with Gasteiger partial charge in [0.2, 0.25) is 0 Å². The Kier molecular flexibility index (Phi) is 3.95. The Morgan fingerprint density at radius 2 is 1.84 bits per heavy atom. The lowest BCUT2D eigenvalue weighted by Crippen LogP contribution is -2.22. The normalized spacial score (nSPS) is 10.3. The highest BCUT2D eigenvalue weighted by Crippen LogP contribution is 2.07. The lowest BCUT2D eigenvalue weighted by Gasteiger charge is -2.07. The van der Waals surface area contributed by atoms with Gasteiger partial charge in [-0.2, -0.15) is 0 Å². The van der Waals surface area contributed by atoms with E-state index in [0.29, 0.717) is 12.1 Å². The number of carbonyl (C=O) groups excluding carboxylic acids is 1. The van der Waals surface area contributed by atoms with E-state index in [1.54, 1.807) is 6.20 Å². The third-order valence-corrected chi connectivity index (χ3v) is 3.16. The van der Waals surface area contributed by atoms with E-state index in [1.165, 1.54) is 0 Å². The Hall–Kier alpha value is -2.16. The lowest BCUT2D eigenvalue weighted by molar-refractivity contribution is 0.0951. The van der Waals surface area contributed by atoms with Crippen molar-refractivity contribution in [1.82, 2.24) is 10.3 Å². The Morgan fingerprint density at radius 1 is 1.16 bits per heavy atom. The van der Waals surface area contributed by atoms with Gasteiger partial charge in [-0.15, -0.1) is 0 Å². The van der Waals surface area contributed by atoms with Crippen molar-refractivity contribution in [3.63, 3.8) is 0 Å².